The van der Waals surface area contributed by atoms with Crippen LogP contribution in [0.25, 0.3) is 6.08 Å². The largest absolute Gasteiger partial charge is 0.497 e. The first kappa shape index (κ1) is 18.5. The van der Waals surface area contributed by atoms with E-state index in [0.717, 1.165) is 11.3 Å². The lowest BCUT2D eigenvalue weighted by molar-refractivity contribution is -0.117. The van der Waals surface area contributed by atoms with Crippen LogP contribution in [0.15, 0.2) is 48.5 Å². The topological polar surface area (TPSA) is 47.6 Å². The summed E-state index contributed by atoms with van der Waals surface area (Å²) >= 11 is 0. The summed E-state index contributed by atoms with van der Waals surface area (Å²) in [5.41, 5.74) is 1.67. The van der Waals surface area contributed by atoms with Crippen molar-refractivity contribution in [3.63, 3.8) is 0 Å². The second kappa shape index (κ2) is 8.87. The van der Waals surface area contributed by atoms with Crippen molar-refractivity contribution in [3.8, 4) is 11.5 Å². The molecule has 0 radical (unpaired) electrons. The molecule has 1 amide bonds. The van der Waals surface area contributed by atoms with Gasteiger partial charge in [-0.1, -0.05) is 18.2 Å². The molecule has 0 saturated heterocycles. The molecule has 0 aliphatic rings. The zero-order valence-electron chi connectivity index (χ0n) is 14.6. The summed E-state index contributed by atoms with van der Waals surface area (Å²) in [6.07, 6.45) is 3.65. The molecule has 1 unspecified atom stereocenters. The summed E-state index contributed by atoms with van der Waals surface area (Å²) in [5, 5.41) is 2.89. The van der Waals surface area contributed by atoms with Crippen LogP contribution in [0, 0.1) is 5.82 Å². The maximum Gasteiger partial charge on any atom is 0.244 e. The lowest BCUT2D eigenvalue weighted by Crippen LogP contribution is -2.32. The Bertz CT molecular complexity index is 758. The Kier molecular flexibility index (Phi) is 6.57. The molecule has 0 spiro atoms. The Labute approximate surface area is 147 Å². The molecule has 0 aliphatic heterocycles. The van der Waals surface area contributed by atoms with Crippen LogP contribution >= 0.6 is 0 Å². The standard InChI is InChI=1S/C20H22FNO3/c1-14(11-16-5-4-6-17(12-16)24-2)22-20(23)10-8-15-7-9-19(25-3)18(21)13-15/h4-10,12-14H,11H2,1-3H3,(H,22,23)/b10-8+. The molecule has 25 heavy (non-hydrogen) atoms. The number of carbonyl (C=O) groups excluding carboxylic acids is 1. The molecule has 2 rings (SSSR count). The normalized spacial score (nSPS) is 12.0. The smallest absolute Gasteiger partial charge is 0.244 e. The fraction of sp³-hybridized carbons (Fsp3) is 0.250. The van der Waals surface area contributed by atoms with Crippen molar-refractivity contribution >= 4 is 12.0 Å². The van der Waals surface area contributed by atoms with Crippen molar-refractivity contribution in [1.29, 1.82) is 0 Å². The number of benzene rings is 2. The highest BCUT2D eigenvalue weighted by molar-refractivity contribution is 5.91. The number of carbonyl (C=O) groups is 1. The minimum absolute atomic E-state index is 0.0446. The van der Waals surface area contributed by atoms with Gasteiger partial charge in [-0.25, -0.2) is 4.39 Å². The number of amides is 1. The SMILES string of the molecule is COc1cccc(CC(C)NC(=O)/C=C/c2ccc(OC)c(F)c2)c1. The third kappa shape index (κ3) is 5.64. The van der Waals surface area contributed by atoms with E-state index in [1.807, 2.05) is 31.2 Å². The lowest BCUT2D eigenvalue weighted by Gasteiger charge is -2.13. The van der Waals surface area contributed by atoms with E-state index in [1.54, 1.807) is 19.3 Å². The molecular weight excluding hydrogens is 321 g/mol. The number of ether oxygens (including phenoxy) is 2. The van der Waals surface area contributed by atoms with E-state index in [-0.39, 0.29) is 17.7 Å². The van der Waals surface area contributed by atoms with E-state index in [1.165, 1.54) is 25.3 Å². The Morgan fingerprint density at radius 1 is 1.20 bits per heavy atom. The molecule has 2 aromatic rings. The molecule has 2 aromatic carbocycles. The van der Waals surface area contributed by atoms with Crippen LogP contribution in [0.3, 0.4) is 0 Å². The summed E-state index contributed by atoms with van der Waals surface area (Å²) in [6.45, 7) is 1.93. The maximum absolute atomic E-state index is 13.6. The molecule has 0 aliphatic carbocycles. The van der Waals surface area contributed by atoms with Gasteiger partial charge in [0, 0.05) is 12.1 Å². The van der Waals surface area contributed by atoms with Crippen molar-refractivity contribution in [3.05, 3.63) is 65.5 Å². The molecule has 0 bridgehead atoms. The summed E-state index contributed by atoms with van der Waals surface area (Å²) < 4.78 is 23.7. The third-order valence-corrected chi connectivity index (χ3v) is 3.67. The Morgan fingerprint density at radius 3 is 2.68 bits per heavy atom. The van der Waals surface area contributed by atoms with E-state index in [0.29, 0.717) is 12.0 Å². The van der Waals surface area contributed by atoms with Crippen LogP contribution in [-0.2, 0) is 11.2 Å². The highest BCUT2D eigenvalue weighted by atomic mass is 19.1. The maximum atomic E-state index is 13.6. The van der Waals surface area contributed by atoms with Crippen LogP contribution in [0.2, 0.25) is 0 Å². The quantitative estimate of drug-likeness (QED) is 0.782. The highest BCUT2D eigenvalue weighted by Crippen LogP contribution is 2.18. The third-order valence-electron chi connectivity index (χ3n) is 3.67. The van der Waals surface area contributed by atoms with Gasteiger partial charge in [0.05, 0.1) is 14.2 Å². The summed E-state index contributed by atoms with van der Waals surface area (Å²) in [6, 6.07) is 12.2. The molecule has 0 fully saturated rings. The summed E-state index contributed by atoms with van der Waals surface area (Å²) in [5.74, 6) is 0.272. The summed E-state index contributed by atoms with van der Waals surface area (Å²) in [4.78, 5) is 12.0. The summed E-state index contributed by atoms with van der Waals surface area (Å²) in [7, 11) is 3.03. The average Bonchev–Trinajstić information content (AvgIpc) is 2.60. The van der Waals surface area contributed by atoms with E-state index >= 15 is 0 Å². The minimum atomic E-state index is -0.462. The zero-order valence-corrected chi connectivity index (χ0v) is 14.6. The molecule has 0 aromatic heterocycles. The van der Waals surface area contributed by atoms with Gasteiger partial charge in [-0.05, 0) is 54.8 Å². The number of hydrogen-bond acceptors (Lipinski definition) is 3. The number of nitrogens with one attached hydrogen (secondary N) is 1. The van der Waals surface area contributed by atoms with E-state index < -0.39 is 5.82 Å². The molecule has 132 valence electrons. The van der Waals surface area contributed by atoms with Crippen LogP contribution in [0.5, 0.6) is 11.5 Å². The second-order valence-corrected chi connectivity index (χ2v) is 5.69. The average molecular weight is 343 g/mol. The fourth-order valence-electron chi connectivity index (χ4n) is 2.45. The first-order chi connectivity index (χ1) is 12.0. The van der Waals surface area contributed by atoms with Gasteiger partial charge in [0.15, 0.2) is 11.6 Å². The monoisotopic (exact) mass is 343 g/mol. The van der Waals surface area contributed by atoms with Crippen molar-refractivity contribution in [1.82, 2.24) is 5.32 Å². The molecule has 1 N–H and O–H groups in total. The predicted molar refractivity (Wildman–Crippen MR) is 96.3 cm³/mol. The molecule has 0 heterocycles. The van der Waals surface area contributed by atoms with Gasteiger partial charge in [-0.2, -0.15) is 0 Å². The first-order valence-electron chi connectivity index (χ1n) is 7.97. The van der Waals surface area contributed by atoms with E-state index in [2.05, 4.69) is 5.32 Å². The molecule has 5 heteroatoms. The fourth-order valence-corrected chi connectivity index (χ4v) is 2.45. The van der Waals surface area contributed by atoms with Crippen molar-refractivity contribution in [2.24, 2.45) is 0 Å². The van der Waals surface area contributed by atoms with Gasteiger partial charge < -0.3 is 14.8 Å². The van der Waals surface area contributed by atoms with Gasteiger partial charge in [0.2, 0.25) is 5.91 Å². The van der Waals surface area contributed by atoms with Crippen LogP contribution < -0.4 is 14.8 Å². The Balaban J connectivity index is 1.91. The first-order valence-corrected chi connectivity index (χ1v) is 7.97. The Morgan fingerprint density at radius 2 is 2.00 bits per heavy atom. The molecule has 1 atom stereocenters. The zero-order chi connectivity index (χ0) is 18.2. The molecular formula is C20H22FNO3. The Hall–Kier alpha value is -2.82. The van der Waals surface area contributed by atoms with Crippen LogP contribution in [-0.4, -0.2) is 26.2 Å². The predicted octanol–water partition coefficient (Wildman–Crippen LogP) is 3.60. The lowest BCUT2D eigenvalue weighted by atomic mass is 10.1. The molecule has 4 nitrogen and oxygen atoms in total. The van der Waals surface area contributed by atoms with Crippen LogP contribution in [0.4, 0.5) is 4.39 Å². The minimum Gasteiger partial charge on any atom is -0.497 e. The number of halogens is 1. The highest BCUT2D eigenvalue weighted by Gasteiger charge is 2.07. The van der Waals surface area contributed by atoms with Crippen molar-refractivity contribution in [2.75, 3.05) is 14.2 Å². The van der Waals surface area contributed by atoms with Gasteiger partial charge >= 0.3 is 0 Å². The van der Waals surface area contributed by atoms with Gasteiger partial charge in [-0.15, -0.1) is 0 Å². The van der Waals surface area contributed by atoms with E-state index in [9.17, 15) is 9.18 Å². The van der Waals surface area contributed by atoms with Gasteiger partial charge in [-0.3, -0.25) is 4.79 Å². The molecule has 0 saturated carbocycles. The van der Waals surface area contributed by atoms with Crippen molar-refractivity contribution in [2.45, 2.75) is 19.4 Å². The van der Waals surface area contributed by atoms with Gasteiger partial charge in [0.1, 0.15) is 5.75 Å². The number of hydrogen-bond donors (Lipinski definition) is 1. The van der Waals surface area contributed by atoms with Crippen molar-refractivity contribution < 1.29 is 18.7 Å². The van der Waals surface area contributed by atoms with Gasteiger partial charge in [0.25, 0.3) is 0 Å². The number of methoxy groups -OCH3 is 2. The second-order valence-electron chi connectivity index (χ2n) is 5.69. The van der Waals surface area contributed by atoms with Crippen LogP contribution in [0.1, 0.15) is 18.1 Å². The number of rotatable bonds is 7. The van der Waals surface area contributed by atoms with E-state index in [4.69, 9.17) is 9.47 Å².